The molecule has 0 aliphatic rings. The second kappa shape index (κ2) is 4.98. The molecule has 0 atom stereocenters. The Labute approximate surface area is 121 Å². The number of carbonyl (C=O) groups is 1. The zero-order chi connectivity index (χ0) is 14.1. The summed E-state index contributed by atoms with van der Waals surface area (Å²) in [6, 6.07) is 13.7. The molecule has 0 saturated carbocycles. The van der Waals surface area contributed by atoms with E-state index in [1.807, 2.05) is 12.1 Å². The molecule has 4 heteroatoms. The van der Waals surface area contributed by atoms with Gasteiger partial charge in [-0.15, -0.1) is 11.3 Å². The molecule has 0 fully saturated rings. The lowest BCUT2D eigenvalue weighted by molar-refractivity contribution is 0.101. The van der Waals surface area contributed by atoms with Crippen LogP contribution in [0.1, 0.15) is 17.3 Å². The first-order valence-corrected chi connectivity index (χ1v) is 7.16. The van der Waals surface area contributed by atoms with Gasteiger partial charge in [0, 0.05) is 27.3 Å². The number of hydrogen-bond acceptors (Lipinski definition) is 4. The third-order valence-corrected chi connectivity index (χ3v) is 4.07. The lowest BCUT2D eigenvalue weighted by Crippen LogP contribution is -2.01. The highest BCUT2D eigenvalue weighted by molar-refractivity contribution is 7.17. The van der Waals surface area contributed by atoms with Gasteiger partial charge in [-0.3, -0.25) is 4.79 Å². The molecule has 3 N–H and O–H groups in total. The Morgan fingerprint density at radius 3 is 2.65 bits per heavy atom. The number of fused-ring (bicyclic) bond motifs is 1. The molecule has 100 valence electrons. The molecule has 0 saturated heterocycles. The minimum Gasteiger partial charge on any atom is -0.398 e. The summed E-state index contributed by atoms with van der Waals surface area (Å²) in [6.45, 7) is 1.52. The van der Waals surface area contributed by atoms with Gasteiger partial charge >= 0.3 is 0 Å². The highest BCUT2D eigenvalue weighted by atomic mass is 32.1. The number of carbonyl (C=O) groups excluding carboxylic acids is 1. The van der Waals surface area contributed by atoms with Crippen molar-refractivity contribution in [2.24, 2.45) is 0 Å². The van der Waals surface area contributed by atoms with Crippen LogP contribution in [0, 0.1) is 0 Å². The summed E-state index contributed by atoms with van der Waals surface area (Å²) in [5.74, 6) is -0.0283. The quantitative estimate of drug-likeness (QED) is 0.552. The van der Waals surface area contributed by atoms with E-state index in [2.05, 4.69) is 28.9 Å². The van der Waals surface area contributed by atoms with Crippen LogP contribution in [0.2, 0.25) is 0 Å². The first-order valence-electron chi connectivity index (χ1n) is 6.28. The molecular formula is C16H14N2OS. The second-order valence-electron chi connectivity index (χ2n) is 4.66. The molecule has 3 aromatic rings. The maximum atomic E-state index is 11.5. The Balaban J connectivity index is 1.94. The fourth-order valence-electron chi connectivity index (χ4n) is 2.15. The van der Waals surface area contributed by atoms with Crippen LogP contribution in [0.4, 0.5) is 17.1 Å². The van der Waals surface area contributed by atoms with Crippen LogP contribution in [0.5, 0.6) is 0 Å². The normalized spacial score (nSPS) is 10.7. The lowest BCUT2D eigenvalue weighted by atomic mass is 10.1. The van der Waals surface area contributed by atoms with E-state index in [0.717, 1.165) is 11.4 Å². The van der Waals surface area contributed by atoms with Crippen molar-refractivity contribution in [1.82, 2.24) is 0 Å². The number of hydrogen-bond donors (Lipinski definition) is 2. The van der Waals surface area contributed by atoms with Crippen LogP contribution in [0.15, 0.2) is 47.8 Å². The Morgan fingerprint density at radius 1 is 1.10 bits per heavy atom. The highest BCUT2D eigenvalue weighted by Crippen LogP contribution is 2.27. The van der Waals surface area contributed by atoms with Gasteiger partial charge in [-0.05, 0) is 60.2 Å². The first-order chi connectivity index (χ1) is 9.63. The number of rotatable bonds is 3. The summed E-state index contributed by atoms with van der Waals surface area (Å²) in [6.07, 6.45) is 0. The van der Waals surface area contributed by atoms with Crippen molar-refractivity contribution >= 4 is 44.3 Å². The Kier molecular flexibility index (Phi) is 3.16. The molecule has 0 aliphatic carbocycles. The average Bonchev–Trinajstić information content (AvgIpc) is 2.88. The Morgan fingerprint density at radius 2 is 1.85 bits per heavy atom. The molecule has 3 nitrogen and oxygen atoms in total. The maximum Gasteiger partial charge on any atom is 0.161 e. The minimum absolute atomic E-state index is 0.0283. The number of ketones is 1. The predicted molar refractivity (Wildman–Crippen MR) is 86.0 cm³/mol. The highest BCUT2D eigenvalue weighted by Gasteiger charge is 2.06. The van der Waals surface area contributed by atoms with Gasteiger partial charge in [0.25, 0.3) is 0 Å². The molecule has 20 heavy (non-hydrogen) atoms. The van der Waals surface area contributed by atoms with E-state index >= 15 is 0 Å². The summed E-state index contributed by atoms with van der Waals surface area (Å²) in [5.41, 5.74) is 8.71. The van der Waals surface area contributed by atoms with E-state index in [9.17, 15) is 4.79 Å². The van der Waals surface area contributed by atoms with Gasteiger partial charge in [0.1, 0.15) is 0 Å². The van der Waals surface area contributed by atoms with Crippen molar-refractivity contribution in [1.29, 1.82) is 0 Å². The smallest absolute Gasteiger partial charge is 0.161 e. The molecule has 0 radical (unpaired) electrons. The predicted octanol–water partition coefficient (Wildman–Crippen LogP) is 4.43. The van der Waals surface area contributed by atoms with Gasteiger partial charge in [0.15, 0.2) is 5.78 Å². The molecule has 0 bridgehead atoms. The van der Waals surface area contributed by atoms with Crippen LogP contribution < -0.4 is 11.1 Å². The lowest BCUT2D eigenvalue weighted by Gasteiger charge is -2.09. The summed E-state index contributed by atoms with van der Waals surface area (Å²) < 4.78 is 1.26. The Bertz CT molecular complexity index is 792. The van der Waals surface area contributed by atoms with Crippen molar-refractivity contribution < 1.29 is 4.79 Å². The summed E-state index contributed by atoms with van der Waals surface area (Å²) >= 11 is 1.72. The van der Waals surface area contributed by atoms with Crippen molar-refractivity contribution in [3.05, 3.63) is 53.4 Å². The number of nitrogen functional groups attached to an aromatic ring is 1. The van der Waals surface area contributed by atoms with Crippen LogP contribution in [0.25, 0.3) is 10.1 Å². The van der Waals surface area contributed by atoms with Gasteiger partial charge in [-0.2, -0.15) is 0 Å². The van der Waals surface area contributed by atoms with E-state index in [1.54, 1.807) is 23.5 Å². The van der Waals surface area contributed by atoms with Crippen molar-refractivity contribution in [3.8, 4) is 0 Å². The standard InChI is InChI=1S/C16H14N2OS/c1-10(19)14-9-13(2-4-15(14)17)18-12-3-5-16-11(8-12)6-7-20-16/h2-9,18H,17H2,1H3. The summed E-state index contributed by atoms with van der Waals surface area (Å²) in [5, 5.41) is 6.59. The molecule has 0 spiro atoms. The number of anilines is 3. The number of nitrogens with two attached hydrogens (primary N) is 1. The van der Waals surface area contributed by atoms with Crippen LogP contribution in [-0.4, -0.2) is 5.78 Å². The van der Waals surface area contributed by atoms with E-state index in [-0.39, 0.29) is 5.78 Å². The zero-order valence-electron chi connectivity index (χ0n) is 11.0. The monoisotopic (exact) mass is 282 g/mol. The van der Waals surface area contributed by atoms with E-state index < -0.39 is 0 Å². The average molecular weight is 282 g/mol. The van der Waals surface area contributed by atoms with E-state index in [4.69, 9.17) is 5.73 Å². The SMILES string of the molecule is CC(=O)c1cc(Nc2ccc3sccc3c2)ccc1N. The van der Waals surface area contributed by atoms with Gasteiger partial charge in [-0.25, -0.2) is 0 Å². The number of nitrogens with one attached hydrogen (secondary N) is 1. The van der Waals surface area contributed by atoms with Crippen molar-refractivity contribution in [2.75, 3.05) is 11.1 Å². The third kappa shape index (κ3) is 2.38. The third-order valence-electron chi connectivity index (χ3n) is 3.17. The van der Waals surface area contributed by atoms with Crippen molar-refractivity contribution in [3.63, 3.8) is 0 Å². The summed E-state index contributed by atoms with van der Waals surface area (Å²) in [4.78, 5) is 11.5. The van der Waals surface area contributed by atoms with Gasteiger partial charge in [0.05, 0.1) is 0 Å². The molecule has 2 aromatic carbocycles. The maximum absolute atomic E-state index is 11.5. The Hall–Kier alpha value is -2.33. The fraction of sp³-hybridized carbons (Fsp3) is 0.0625. The largest absolute Gasteiger partial charge is 0.398 e. The minimum atomic E-state index is -0.0283. The van der Waals surface area contributed by atoms with Gasteiger partial charge in [0.2, 0.25) is 0 Å². The molecule has 0 aliphatic heterocycles. The zero-order valence-corrected chi connectivity index (χ0v) is 11.8. The van der Waals surface area contributed by atoms with Crippen LogP contribution in [-0.2, 0) is 0 Å². The first kappa shape index (κ1) is 12.7. The topological polar surface area (TPSA) is 55.1 Å². The van der Waals surface area contributed by atoms with Gasteiger partial charge in [-0.1, -0.05) is 0 Å². The number of benzene rings is 2. The van der Waals surface area contributed by atoms with Crippen LogP contribution >= 0.6 is 11.3 Å². The summed E-state index contributed by atoms with van der Waals surface area (Å²) in [7, 11) is 0. The molecule has 0 unspecified atom stereocenters. The van der Waals surface area contributed by atoms with E-state index in [1.165, 1.54) is 17.0 Å². The molecule has 1 aromatic heterocycles. The molecular weight excluding hydrogens is 268 g/mol. The molecule has 3 rings (SSSR count). The van der Waals surface area contributed by atoms with Gasteiger partial charge < -0.3 is 11.1 Å². The van der Waals surface area contributed by atoms with Crippen molar-refractivity contribution in [2.45, 2.75) is 6.92 Å². The fourth-order valence-corrected chi connectivity index (χ4v) is 2.92. The van der Waals surface area contributed by atoms with Crippen LogP contribution in [0.3, 0.4) is 0 Å². The second-order valence-corrected chi connectivity index (χ2v) is 5.60. The van der Waals surface area contributed by atoms with E-state index in [0.29, 0.717) is 11.3 Å². The number of thiophene rings is 1. The molecule has 0 amide bonds. The number of Topliss-reactive ketones (excluding diaryl/α,β-unsaturated/α-hetero) is 1. The molecule has 1 heterocycles.